The van der Waals surface area contributed by atoms with Crippen molar-refractivity contribution in [1.29, 1.82) is 0 Å². The van der Waals surface area contributed by atoms with Crippen LogP contribution in [0.2, 0.25) is 5.02 Å². The fourth-order valence-corrected chi connectivity index (χ4v) is 3.19. The number of likely N-dealkylation sites (tertiary alicyclic amines) is 1. The molecule has 0 saturated carbocycles. The number of rotatable bonds is 6. The van der Waals surface area contributed by atoms with Crippen LogP contribution in [0.15, 0.2) is 40.8 Å². The lowest BCUT2D eigenvalue weighted by atomic mass is 9.96. The van der Waals surface area contributed by atoms with Gasteiger partial charge < -0.3 is 15.5 Å². The van der Waals surface area contributed by atoms with Gasteiger partial charge in [0.15, 0.2) is 0 Å². The van der Waals surface area contributed by atoms with Crippen molar-refractivity contribution in [2.45, 2.75) is 19.4 Å². The van der Waals surface area contributed by atoms with Crippen molar-refractivity contribution in [3.8, 4) is 11.3 Å². The summed E-state index contributed by atoms with van der Waals surface area (Å²) in [6, 6.07) is 11.1. The molecule has 0 aliphatic carbocycles. The number of hydrogen-bond donors (Lipinski definition) is 2. The van der Waals surface area contributed by atoms with Crippen LogP contribution in [0.4, 0.5) is 0 Å². The van der Waals surface area contributed by atoms with Gasteiger partial charge in [0.2, 0.25) is 11.8 Å². The second-order valence-electron chi connectivity index (χ2n) is 6.50. The van der Waals surface area contributed by atoms with Crippen LogP contribution in [0, 0.1) is 5.92 Å². The van der Waals surface area contributed by atoms with Crippen molar-refractivity contribution < 1.29 is 14.0 Å². The van der Waals surface area contributed by atoms with Crippen LogP contribution in [-0.2, 0) is 16.1 Å². The average Bonchev–Trinajstić information content (AvgIpc) is 3.10. The van der Waals surface area contributed by atoms with Crippen LogP contribution in [0.5, 0.6) is 0 Å². The van der Waals surface area contributed by atoms with E-state index in [0.717, 1.165) is 11.3 Å². The summed E-state index contributed by atoms with van der Waals surface area (Å²) in [5.74, 6) is 1.05. The summed E-state index contributed by atoms with van der Waals surface area (Å²) in [5.41, 5.74) is 6.26. The van der Waals surface area contributed by atoms with Crippen molar-refractivity contribution in [2.75, 3.05) is 19.6 Å². The van der Waals surface area contributed by atoms with Gasteiger partial charge in [0, 0.05) is 16.5 Å². The standard InChI is InChI=1S/C19H22ClN3O3/c20-15-3-1-13(2-4-15)17-6-5-16(26-17)11-22-18(24)12-23-9-7-14(8-10-23)19(21)25/h1-6,14H,7-12H2,(H2,21,25)(H,22,24). The molecule has 6 nitrogen and oxygen atoms in total. The molecule has 7 heteroatoms. The van der Waals surface area contributed by atoms with E-state index < -0.39 is 0 Å². The normalized spacial score (nSPS) is 15.7. The second-order valence-corrected chi connectivity index (χ2v) is 6.94. The van der Waals surface area contributed by atoms with E-state index in [4.69, 9.17) is 21.8 Å². The molecule has 2 amide bonds. The maximum atomic E-state index is 12.1. The van der Waals surface area contributed by atoms with Gasteiger partial charge in [-0.1, -0.05) is 11.6 Å². The van der Waals surface area contributed by atoms with Gasteiger partial charge in [0.25, 0.3) is 0 Å². The van der Waals surface area contributed by atoms with Gasteiger partial charge in [-0.05, 0) is 62.3 Å². The summed E-state index contributed by atoms with van der Waals surface area (Å²) in [7, 11) is 0. The van der Waals surface area contributed by atoms with Gasteiger partial charge in [0.05, 0.1) is 13.1 Å². The number of carbonyl (C=O) groups is 2. The van der Waals surface area contributed by atoms with Gasteiger partial charge in [-0.3, -0.25) is 14.5 Å². The maximum absolute atomic E-state index is 12.1. The summed E-state index contributed by atoms with van der Waals surface area (Å²) in [5, 5.41) is 3.54. The summed E-state index contributed by atoms with van der Waals surface area (Å²) in [4.78, 5) is 25.3. The first-order valence-corrected chi connectivity index (χ1v) is 9.02. The van der Waals surface area contributed by atoms with Crippen molar-refractivity contribution in [3.63, 3.8) is 0 Å². The van der Waals surface area contributed by atoms with Crippen molar-refractivity contribution in [3.05, 3.63) is 47.2 Å². The highest BCUT2D eigenvalue weighted by Gasteiger charge is 2.24. The summed E-state index contributed by atoms with van der Waals surface area (Å²) >= 11 is 5.89. The molecule has 1 aliphatic rings. The minimum atomic E-state index is -0.247. The largest absolute Gasteiger partial charge is 0.459 e. The maximum Gasteiger partial charge on any atom is 0.234 e. The summed E-state index contributed by atoms with van der Waals surface area (Å²) in [6.45, 7) is 2.07. The Morgan fingerprint density at radius 1 is 1.15 bits per heavy atom. The molecule has 1 aliphatic heterocycles. The molecule has 138 valence electrons. The Hall–Kier alpha value is -2.31. The topological polar surface area (TPSA) is 88.6 Å². The lowest BCUT2D eigenvalue weighted by Gasteiger charge is -2.29. The van der Waals surface area contributed by atoms with Crippen LogP contribution >= 0.6 is 11.6 Å². The molecule has 0 radical (unpaired) electrons. The smallest absolute Gasteiger partial charge is 0.234 e. The number of primary amides is 1. The van der Waals surface area contributed by atoms with Gasteiger partial charge in [0.1, 0.15) is 11.5 Å². The molecule has 1 saturated heterocycles. The third-order valence-electron chi connectivity index (χ3n) is 4.61. The van der Waals surface area contributed by atoms with Gasteiger partial charge in [-0.2, -0.15) is 0 Å². The molecule has 1 aromatic carbocycles. The number of halogens is 1. The lowest BCUT2D eigenvalue weighted by molar-refractivity contribution is -0.124. The average molecular weight is 376 g/mol. The monoisotopic (exact) mass is 375 g/mol. The number of nitrogens with two attached hydrogens (primary N) is 1. The molecular formula is C19H22ClN3O3. The molecular weight excluding hydrogens is 354 g/mol. The minimum Gasteiger partial charge on any atom is -0.459 e. The fourth-order valence-electron chi connectivity index (χ4n) is 3.06. The molecule has 3 N–H and O–H groups in total. The Balaban J connectivity index is 1.45. The van der Waals surface area contributed by atoms with Crippen LogP contribution in [-0.4, -0.2) is 36.3 Å². The number of furan rings is 1. The molecule has 1 aromatic heterocycles. The molecule has 26 heavy (non-hydrogen) atoms. The molecule has 3 rings (SSSR count). The van der Waals surface area contributed by atoms with Crippen molar-refractivity contribution >= 4 is 23.4 Å². The zero-order valence-corrected chi connectivity index (χ0v) is 15.2. The van der Waals surface area contributed by atoms with Crippen LogP contribution in [0.3, 0.4) is 0 Å². The zero-order chi connectivity index (χ0) is 18.5. The van der Waals surface area contributed by atoms with Crippen molar-refractivity contribution in [2.24, 2.45) is 11.7 Å². The molecule has 0 bridgehead atoms. The third-order valence-corrected chi connectivity index (χ3v) is 4.86. The number of hydrogen-bond acceptors (Lipinski definition) is 4. The summed E-state index contributed by atoms with van der Waals surface area (Å²) < 4.78 is 5.77. The molecule has 0 unspecified atom stereocenters. The number of nitrogens with one attached hydrogen (secondary N) is 1. The lowest BCUT2D eigenvalue weighted by Crippen LogP contribution is -2.43. The predicted octanol–water partition coefficient (Wildman–Crippen LogP) is 2.41. The number of benzene rings is 1. The van der Waals surface area contributed by atoms with E-state index in [1.54, 1.807) is 0 Å². The Labute approximate surface area is 157 Å². The van der Waals surface area contributed by atoms with E-state index in [9.17, 15) is 9.59 Å². The van der Waals surface area contributed by atoms with E-state index in [-0.39, 0.29) is 17.7 Å². The first-order chi connectivity index (χ1) is 12.5. The number of piperidine rings is 1. The summed E-state index contributed by atoms with van der Waals surface area (Å²) in [6.07, 6.45) is 1.43. The van der Waals surface area contributed by atoms with E-state index in [1.165, 1.54) is 0 Å². The molecule has 0 atom stereocenters. The minimum absolute atomic E-state index is 0.0630. The number of carbonyl (C=O) groups excluding carboxylic acids is 2. The van der Waals surface area contributed by atoms with Gasteiger partial charge >= 0.3 is 0 Å². The van der Waals surface area contributed by atoms with E-state index in [1.807, 2.05) is 41.3 Å². The Bertz CT molecular complexity index is 765. The van der Waals surface area contributed by atoms with Crippen LogP contribution in [0.25, 0.3) is 11.3 Å². The Kier molecular flexibility index (Phi) is 5.96. The van der Waals surface area contributed by atoms with Crippen LogP contribution in [0.1, 0.15) is 18.6 Å². The highest BCUT2D eigenvalue weighted by Crippen LogP contribution is 2.23. The van der Waals surface area contributed by atoms with E-state index in [0.29, 0.717) is 49.8 Å². The Morgan fingerprint density at radius 2 is 1.85 bits per heavy atom. The number of amides is 2. The molecule has 0 spiro atoms. The highest BCUT2D eigenvalue weighted by molar-refractivity contribution is 6.30. The SMILES string of the molecule is NC(=O)C1CCN(CC(=O)NCc2ccc(-c3ccc(Cl)cc3)o2)CC1. The quantitative estimate of drug-likeness (QED) is 0.811. The third kappa shape index (κ3) is 4.86. The van der Waals surface area contributed by atoms with Gasteiger partial charge in [-0.15, -0.1) is 0 Å². The zero-order valence-electron chi connectivity index (χ0n) is 14.4. The number of nitrogens with zero attached hydrogens (tertiary/aromatic N) is 1. The molecule has 1 fully saturated rings. The van der Waals surface area contributed by atoms with E-state index in [2.05, 4.69) is 5.32 Å². The molecule has 2 heterocycles. The fraction of sp³-hybridized carbons (Fsp3) is 0.368. The van der Waals surface area contributed by atoms with Crippen LogP contribution < -0.4 is 11.1 Å². The van der Waals surface area contributed by atoms with Crippen molar-refractivity contribution in [1.82, 2.24) is 10.2 Å². The first kappa shape index (κ1) is 18.5. The second kappa shape index (κ2) is 8.38. The van der Waals surface area contributed by atoms with E-state index >= 15 is 0 Å². The highest BCUT2D eigenvalue weighted by atomic mass is 35.5. The molecule has 2 aromatic rings. The predicted molar refractivity (Wildman–Crippen MR) is 99.4 cm³/mol. The first-order valence-electron chi connectivity index (χ1n) is 8.64. The Morgan fingerprint density at radius 3 is 2.50 bits per heavy atom. The van der Waals surface area contributed by atoms with Gasteiger partial charge in [-0.25, -0.2) is 0 Å².